The van der Waals surface area contributed by atoms with Gasteiger partial charge < -0.3 is 9.64 Å². The number of rotatable bonds is 6. The van der Waals surface area contributed by atoms with E-state index in [-0.39, 0.29) is 12.4 Å². The summed E-state index contributed by atoms with van der Waals surface area (Å²) in [5.74, 6) is 0.224. The molecule has 0 spiro atoms. The Morgan fingerprint density at radius 2 is 1.92 bits per heavy atom. The molecule has 8 nitrogen and oxygen atoms in total. The summed E-state index contributed by atoms with van der Waals surface area (Å²) in [5, 5.41) is 0. The highest BCUT2D eigenvalue weighted by atomic mass is 32.2. The lowest BCUT2D eigenvalue weighted by atomic mass is 10.0. The summed E-state index contributed by atoms with van der Waals surface area (Å²) in [5.41, 5.74) is 3.38. The molecule has 0 saturated carbocycles. The van der Waals surface area contributed by atoms with Crippen molar-refractivity contribution in [3.8, 4) is 0 Å². The highest BCUT2D eigenvalue weighted by Crippen LogP contribution is 2.17. The molecule has 24 heavy (non-hydrogen) atoms. The van der Waals surface area contributed by atoms with Crippen LogP contribution in [0.2, 0.25) is 0 Å². The van der Waals surface area contributed by atoms with Crippen LogP contribution in [0.3, 0.4) is 0 Å². The van der Waals surface area contributed by atoms with Crippen LogP contribution in [0.15, 0.2) is 40.8 Å². The molecule has 0 bridgehead atoms. The maximum Gasteiger partial charge on any atom is 0.422 e. The second-order valence-electron chi connectivity index (χ2n) is 4.80. The Morgan fingerprint density at radius 3 is 2.42 bits per heavy atom. The van der Waals surface area contributed by atoms with E-state index in [1.807, 2.05) is 40.6 Å². The van der Waals surface area contributed by atoms with E-state index >= 15 is 0 Å². The van der Waals surface area contributed by atoms with Gasteiger partial charge in [0.15, 0.2) is 0 Å². The molecule has 0 fully saturated rings. The molecule has 0 aliphatic carbocycles. The molecule has 0 aliphatic heterocycles. The van der Waals surface area contributed by atoms with Gasteiger partial charge in [-0.05, 0) is 19.4 Å². The zero-order chi connectivity index (χ0) is 18.2. The Hall–Kier alpha value is -2.39. The highest BCUT2D eigenvalue weighted by molar-refractivity contribution is 7.88. The first-order valence-electron chi connectivity index (χ1n) is 7.24. The number of carbonyl (C=O) groups is 1. The van der Waals surface area contributed by atoms with E-state index in [2.05, 4.69) is 9.13 Å². The number of nitrogens with zero attached hydrogens (tertiary/aromatic N) is 2. The number of hydrogen-bond donors (Lipinski definition) is 2. The van der Waals surface area contributed by atoms with Crippen LogP contribution in [0, 0.1) is 0 Å². The predicted octanol–water partition coefficient (Wildman–Crippen LogP) is 1.55. The summed E-state index contributed by atoms with van der Waals surface area (Å²) in [6.45, 7) is 3.52. The zero-order valence-corrected chi connectivity index (χ0v) is 14.9. The molecule has 1 aromatic rings. The Bertz CT molecular complexity index is 712. The van der Waals surface area contributed by atoms with Crippen LogP contribution in [0.25, 0.3) is 5.57 Å². The third-order valence-electron chi connectivity index (χ3n) is 2.80. The van der Waals surface area contributed by atoms with Crippen molar-refractivity contribution >= 4 is 27.7 Å². The van der Waals surface area contributed by atoms with E-state index in [9.17, 15) is 13.2 Å². The molecule has 9 heteroatoms. The van der Waals surface area contributed by atoms with Gasteiger partial charge in [0.25, 0.3) is 0 Å². The second kappa shape index (κ2) is 9.04. The van der Waals surface area contributed by atoms with Gasteiger partial charge >= 0.3 is 16.3 Å². The van der Waals surface area contributed by atoms with Crippen LogP contribution in [0.5, 0.6) is 0 Å². The normalized spacial score (nSPS) is 12.7. The van der Waals surface area contributed by atoms with Crippen molar-refractivity contribution < 1.29 is 17.9 Å². The molecule has 0 radical (unpaired) electrons. The molecule has 1 rings (SSSR count). The number of amides is 1. The van der Waals surface area contributed by atoms with Crippen LogP contribution < -0.4 is 10.3 Å². The lowest BCUT2D eigenvalue weighted by Gasteiger charge is -2.19. The van der Waals surface area contributed by atoms with Gasteiger partial charge in [-0.1, -0.05) is 36.4 Å². The number of carbonyl (C=O) groups excluding carboxylic acids is 1. The first-order valence-corrected chi connectivity index (χ1v) is 8.68. The van der Waals surface area contributed by atoms with Crippen molar-refractivity contribution in [1.29, 1.82) is 0 Å². The number of allylic oxidation sites excluding steroid dienone is 1. The summed E-state index contributed by atoms with van der Waals surface area (Å²) in [4.78, 5) is 14.6. The monoisotopic (exact) mass is 354 g/mol. The maximum atomic E-state index is 12.1. The molecule has 2 N–H and O–H groups in total. The summed E-state index contributed by atoms with van der Waals surface area (Å²) in [7, 11) is -0.799. The van der Waals surface area contributed by atoms with Gasteiger partial charge in [-0.3, -0.25) is 0 Å². The van der Waals surface area contributed by atoms with Crippen LogP contribution in [0.4, 0.5) is 4.79 Å². The smallest absolute Gasteiger partial charge is 0.422 e. The highest BCUT2D eigenvalue weighted by Gasteiger charge is 2.17. The van der Waals surface area contributed by atoms with Gasteiger partial charge in [0.05, 0.1) is 6.61 Å². The standard InChI is InChI=1S/C15H22N4O4S/c1-5-13(12-10-8-7-9-11-12)14(19(3)4)17-24(21,22)18-16-15(20)23-6-2/h5,7-11,18H,6H2,1-4H3,(H,16,20)/b13-5+,17-14-. The van der Waals surface area contributed by atoms with Gasteiger partial charge in [-0.2, -0.15) is 8.42 Å². The van der Waals surface area contributed by atoms with Crippen LogP contribution in [-0.4, -0.2) is 45.9 Å². The van der Waals surface area contributed by atoms with E-state index in [1.165, 1.54) is 0 Å². The predicted molar refractivity (Wildman–Crippen MR) is 93.4 cm³/mol. The van der Waals surface area contributed by atoms with Crippen molar-refractivity contribution in [3.63, 3.8) is 0 Å². The van der Waals surface area contributed by atoms with Gasteiger partial charge in [0.1, 0.15) is 5.84 Å². The van der Waals surface area contributed by atoms with Crippen molar-refractivity contribution in [2.24, 2.45) is 4.40 Å². The van der Waals surface area contributed by atoms with Crippen molar-refractivity contribution in [1.82, 2.24) is 15.2 Å². The third kappa shape index (κ3) is 6.01. The summed E-state index contributed by atoms with van der Waals surface area (Å²) in [6, 6.07) is 9.27. The lowest BCUT2D eigenvalue weighted by Crippen LogP contribution is -2.41. The molecule has 0 aliphatic rings. The first-order chi connectivity index (χ1) is 11.3. The van der Waals surface area contributed by atoms with E-state index in [0.29, 0.717) is 5.57 Å². The summed E-state index contributed by atoms with van der Waals surface area (Å²) >= 11 is 0. The minimum Gasteiger partial charge on any atom is -0.449 e. The topological polar surface area (TPSA) is 100 Å². The molecular weight excluding hydrogens is 332 g/mol. The molecule has 0 heterocycles. The number of benzene rings is 1. The van der Waals surface area contributed by atoms with E-state index < -0.39 is 16.3 Å². The zero-order valence-electron chi connectivity index (χ0n) is 14.1. The van der Waals surface area contributed by atoms with Crippen molar-refractivity contribution in [3.05, 3.63) is 42.0 Å². The second-order valence-corrected chi connectivity index (χ2v) is 6.14. The fourth-order valence-corrected chi connectivity index (χ4v) is 2.57. The minimum atomic E-state index is -4.16. The van der Waals surface area contributed by atoms with Crippen LogP contribution >= 0.6 is 0 Å². The Kier molecular flexibility index (Phi) is 7.40. The van der Waals surface area contributed by atoms with Gasteiger partial charge in [0, 0.05) is 19.7 Å². The van der Waals surface area contributed by atoms with Gasteiger partial charge in [-0.25, -0.2) is 10.2 Å². The number of nitrogens with one attached hydrogen (secondary N) is 2. The number of hydrazine groups is 1. The first kappa shape index (κ1) is 19.7. The lowest BCUT2D eigenvalue weighted by molar-refractivity contribution is 0.150. The largest absolute Gasteiger partial charge is 0.449 e. The molecule has 0 atom stereocenters. The molecule has 1 amide bonds. The number of likely N-dealkylation sites (N-methyl/N-ethyl adjacent to an activating group) is 1. The number of hydrogen-bond acceptors (Lipinski definition) is 4. The molecular formula is C15H22N4O4S. The third-order valence-corrected chi connectivity index (χ3v) is 3.58. The van der Waals surface area contributed by atoms with Gasteiger partial charge in [0.2, 0.25) is 0 Å². The number of amidine groups is 1. The van der Waals surface area contributed by atoms with Crippen molar-refractivity contribution in [2.75, 3.05) is 20.7 Å². The molecule has 0 aromatic heterocycles. The van der Waals surface area contributed by atoms with E-state index in [1.54, 1.807) is 38.9 Å². The number of ether oxygens (including phenoxy) is 1. The fraction of sp³-hybridized carbons (Fsp3) is 0.333. The minimum absolute atomic E-state index is 0.122. The molecule has 0 unspecified atom stereocenters. The van der Waals surface area contributed by atoms with Gasteiger partial charge in [-0.15, -0.1) is 9.23 Å². The average molecular weight is 354 g/mol. The van der Waals surface area contributed by atoms with Crippen LogP contribution in [0.1, 0.15) is 19.4 Å². The Balaban J connectivity index is 3.10. The van der Waals surface area contributed by atoms with E-state index in [0.717, 1.165) is 5.56 Å². The fourth-order valence-electron chi connectivity index (χ4n) is 1.82. The molecule has 1 aromatic carbocycles. The average Bonchev–Trinajstić information content (AvgIpc) is 2.54. The summed E-state index contributed by atoms with van der Waals surface area (Å²) < 4.78 is 32.5. The Labute approximate surface area is 142 Å². The summed E-state index contributed by atoms with van der Waals surface area (Å²) in [6.07, 6.45) is 0.861. The van der Waals surface area contributed by atoms with Crippen molar-refractivity contribution in [2.45, 2.75) is 13.8 Å². The van der Waals surface area contributed by atoms with E-state index in [4.69, 9.17) is 0 Å². The van der Waals surface area contributed by atoms with Crippen LogP contribution in [-0.2, 0) is 14.9 Å². The quantitative estimate of drug-likeness (QED) is 0.459. The maximum absolute atomic E-state index is 12.1. The molecule has 132 valence electrons. The molecule has 0 saturated heterocycles. The Morgan fingerprint density at radius 1 is 1.29 bits per heavy atom. The SMILES string of the molecule is C/C=C(/C(=N/S(=O)(=O)NNC(=O)OCC)N(C)C)c1ccccc1.